The highest BCUT2D eigenvalue weighted by atomic mass is 16.5. The fourth-order valence-corrected chi connectivity index (χ4v) is 2.08. The number of rotatable bonds is 3. The topological polar surface area (TPSA) is 67.3 Å². The molecule has 3 aromatic rings. The first-order valence-corrected chi connectivity index (χ1v) is 6.19. The second kappa shape index (κ2) is 4.77. The molecule has 0 fully saturated rings. The minimum Gasteiger partial charge on any atom is -0.495 e. The predicted octanol–water partition coefficient (Wildman–Crippen LogP) is 3.33. The number of benzene rings is 1. The number of furan rings is 1. The van der Waals surface area contributed by atoms with Crippen LogP contribution in [0.5, 0.6) is 5.75 Å². The number of methoxy groups -OCH3 is 1. The van der Waals surface area contributed by atoms with Crippen molar-refractivity contribution >= 4 is 22.7 Å². The maximum Gasteiger partial charge on any atom is 0.272 e. The van der Waals surface area contributed by atoms with Gasteiger partial charge in [-0.3, -0.25) is 4.79 Å². The Kier molecular flexibility index (Phi) is 2.95. The van der Waals surface area contributed by atoms with E-state index in [0.29, 0.717) is 22.7 Å². The molecule has 2 aromatic heterocycles. The van der Waals surface area contributed by atoms with Gasteiger partial charge in [-0.05, 0) is 24.6 Å². The normalized spacial score (nSPS) is 10.7. The summed E-state index contributed by atoms with van der Waals surface area (Å²) in [4.78, 5) is 15.2. The molecule has 2 N–H and O–H groups in total. The van der Waals surface area contributed by atoms with Crippen molar-refractivity contribution in [2.45, 2.75) is 6.92 Å². The monoisotopic (exact) mass is 270 g/mol. The zero-order chi connectivity index (χ0) is 14.1. The maximum atomic E-state index is 12.2. The van der Waals surface area contributed by atoms with Crippen LogP contribution in [0.2, 0.25) is 0 Å². The van der Waals surface area contributed by atoms with Gasteiger partial charge in [-0.2, -0.15) is 0 Å². The summed E-state index contributed by atoms with van der Waals surface area (Å²) in [5, 5.41) is 2.83. The lowest BCUT2D eigenvalue weighted by atomic mass is 10.2. The van der Waals surface area contributed by atoms with Crippen LogP contribution >= 0.6 is 0 Å². The number of H-pyrrole nitrogens is 1. The number of aromatic nitrogens is 1. The van der Waals surface area contributed by atoms with E-state index in [1.165, 1.54) is 0 Å². The smallest absolute Gasteiger partial charge is 0.272 e. The number of carbonyl (C=O) groups excluding carboxylic acids is 1. The fraction of sp³-hybridized carbons (Fsp3) is 0.133. The van der Waals surface area contributed by atoms with Crippen molar-refractivity contribution < 1.29 is 13.9 Å². The molecule has 0 bridgehead atoms. The molecule has 102 valence electrons. The third kappa shape index (κ3) is 2.14. The molecule has 0 aliphatic rings. The van der Waals surface area contributed by atoms with Crippen molar-refractivity contribution in [3.8, 4) is 5.75 Å². The molecule has 0 spiro atoms. The SMILES string of the molecule is COc1ccc(C)cc1NC(=O)c1cc2occc2[nH]1. The number of hydrogen-bond donors (Lipinski definition) is 2. The Balaban J connectivity index is 1.88. The lowest BCUT2D eigenvalue weighted by Crippen LogP contribution is -2.13. The molecule has 5 heteroatoms. The molecule has 5 nitrogen and oxygen atoms in total. The van der Waals surface area contributed by atoms with Gasteiger partial charge in [0.2, 0.25) is 0 Å². The van der Waals surface area contributed by atoms with E-state index in [0.717, 1.165) is 11.1 Å². The molecule has 0 unspecified atom stereocenters. The summed E-state index contributed by atoms with van der Waals surface area (Å²) in [5.74, 6) is 0.388. The summed E-state index contributed by atoms with van der Waals surface area (Å²) < 4.78 is 10.5. The summed E-state index contributed by atoms with van der Waals surface area (Å²) in [5.41, 5.74) is 3.59. The molecule has 0 radical (unpaired) electrons. The first-order valence-electron chi connectivity index (χ1n) is 6.19. The van der Waals surface area contributed by atoms with E-state index in [2.05, 4.69) is 10.3 Å². The second-order valence-corrected chi connectivity index (χ2v) is 4.54. The highest BCUT2D eigenvalue weighted by Crippen LogP contribution is 2.26. The largest absolute Gasteiger partial charge is 0.495 e. The Morgan fingerprint density at radius 3 is 2.90 bits per heavy atom. The molecular weight excluding hydrogens is 256 g/mol. The first-order chi connectivity index (χ1) is 9.67. The summed E-state index contributed by atoms with van der Waals surface area (Å²) >= 11 is 0. The summed E-state index contributed by atoms with van der Waals surface area (Å²) in [6.07, 6.45) is 1.58. The molecule has 1 aromatic carbocycles. The van der Waals surface area contributed by atoms with Gasteiger partial charge in [-0.15, -0.1) is 0 Å². The number of hydrogen-bond acceptors (Lipinski definition) is 3. The quantitative estimate of drug-likeness (QED) is 0.767. The molecule has 0 saturated heterocycles. The van der Waals surface area contributed by atoms with E-state index in [1.54, 1.807) is 25.5 Å². The van der Waals surface area contributed by atoms with Gasteiger partial charge in [-0.25, -0.2) is 0 Å². The molecule has 1 amide bonds. The second-order valence-electron chi connectivity index (χ2n) is 4.54. The summed E-state index contributed by atoms with van der Waals surface area (Å²) in [6, 6.07) is 9.07. The van der Waals surface area contributed by atoms with Gasteiger partial charge < -0.3 is 19.5 Å². The predicted molar refractivity (Wildman–Crippen MR) is 76.2 cm³/mol. The van der Waals surface area contributed by atoms with E-state index >= 15 is 0 Å². The first kappa shape index (κ1) is 12.3. The minimum absolute atomic E-state index is 0.236. The van der Waals surface area contributed by atoms with Crippen LogP contribution in [0, 0.1) is 6.92 Å². The van der Waals surface area contributed by atoms with Crippen molar-refractivity contribution in [3.63, 3.8) is 0 Å². The van der Waals surface area contributed by atoms with Gasteiger partial charge in [0.05, 0.1) is 24.6 Å². The van der Waals surface area contributed by atoms with E-state index in [1.807, 2.05) is 25.1 Å². The van der Waals surface area contributed by atoms with Crippen LogP contribution in [0.3, 0.4) is 0 Å². The summed E-state index contributed by atoms with van der Waals surface area (Å²) in [7, 11) is 1.57. The number of nitrogens with one attached hydrogen (secondary N) is 2. The van der Waals surface area contributed by atoms with Gasteiger partial charge in [0.1, 0.15) is 11.4 Å². The Labute approximate surface area is 115 Å². The van der Waals surface area contributed by atoms with E-state index in [-0.39, 0.29) is 5.91 Å². The molecule has 0 atom stereocenters. The van der Waals surface area contributed by atoms with Crippen LogP contribution < -0.4 is 10.1 Å². The van der Waals surface area contributed by atoms with Crippen LogP contribution in [0.15, 0.2) is 41.0 Å². The zero-order valence-corrected chi connectivity index (χ0v) is 11.2. The molecule has 0 saturated carbocycles. The molecule has 0 aliphatic carbocycles. The van der Waals surface area contributed by atoms with Gasteiger partial charge in [0, 0.05) is 12.1 Å². The zero-order valence-electron chi connectivity index (χ0n) is 11.2. The minimum atomic E-state index is -0.236. The van der Waals surface area contributed by atoms with Crippen molar-refractivity contribution in [1.82, 2.24) is 4.98 Å². The lowest BCUT2D eigenvalue weighted by Gasteiger charge is -2.10. The molecule has 0 aliphatic heterocycles. The third-order valence-electron chi connectivity index (χ3n) is 3.09. The fourth-order valence-electron chi connectivity index (χ4n) is 2.08. The van der Waals surface area contributed by atoms with E-state index < -0.39 is 0 Å². The molecule has 20 heavy (non-hydrogen) atoms. The number of amides is 1. The van der Waals surface area contributed by atoms with Crippen LogP contribution in [0.4, 0.5) is 5.69 Å². The number of fused-ring (bicyclic) bond motifs is 1. The Morgan fingerprint density at radius 1 is 1.30 bits per heavy atom. The Morgan fingerprint density at radius 2 is 2.15 bits per heavy atom. The highest BCUT2D eigenvalue weighted by Gasteiger charge is 2.13. The van der Waals surface area contributed by atoms with Gasteiger partial charge >= 0.3 is 0 Å². The molecule has 3 rings (SSSR count). The van der Waals surface area contributed by atoms with Crippen molar-refractivity contribution in [3.05, 3.63) is 47.9 Å². The van der Waals surface area contributed by atoms with E-state index in [4.69, 9.17) is 9.15 Å². The van der Waals surface area contributed by atoms with Crippen LogP contribution in [0.1, 0.15) is 16.1 Å². The Bertz CT molecular complexity index is 742. The number of carbonyl (C=O) groups is 1. The van der Waals surface area contributed by atoms with Crippen LogP contribution in [-0.2, 0) is 0 Å². The maximum absolute atomic E-state index is 12.2. The number of aromatic amines is 1. The van der Waals surface area contributed by atoms with Crippen LogP contribution in [-0.4, -0.2) is 18.0 Å². The average Bonchev–Trinajstić information content (AvgIpc) is 2.99. The standard InChI is InChI=1S/C15H14N2O3/c1-9-3-4-13(19-2)11(7-9)17-15(18)12-8-14-10(16-12)5-6-20-14/h3-8,16H,1-2H3,(H,17,18). The van der Waals surface area contributed by atoms with Crippen molar-refractivity contribution in [2.24, 2.45) is 0 Å². The number of ether oxygens (including phenoxy) is 1. The van der Waals surface area contributed by atoms with Gasteiger partial charge in [0.25, 0.3) is 5.91 Å². The molecular formula is C15H14N2O3. The van der Waals surface area contributed by atoms with Crippen molar-refractivity contribution in [2.75, 3.05) is 12.4 Å². The Hall–Kier alpha value is -2.69. The van der Waals surface area contributed by atoms with E-state index in [9.17, 15) is 4.79 Å². The average molecular weight is 270 g/mol. The number of aryl methyl sites for hydroxylation is 1. The third-order valence-corrected chi connectivity index (χ3v) is 3.09. The van der Waals surface area contributed by atoms with Gasteiger partial charge in [0.15, 0.2) is 5.58 Å². The summed E-state index contributed by atoms with van der Waals surface area (Å²) in [6.45, 7) is 1.96. The van der Waals surface area contributed by atoms with Crippen molar-refractivity contribution in [1.29, 1.82) is 0 Å². The van der Waals surface area contributed by atoms with Gasteiger partial charge in [-0.1, -0.05) is 6.07 Å². The molecule has 2 heterocycles. The number of anilines is 1. The van der Waals surface area contributed by atoms with Crippen LogP contribution in [0.25, 0.3) is 11.1 Å². The lowest BCUT2D eigenvalue weighted by molar-refractivity contribution is 0.102. The highest BCUT2D eigenvalue weighted by molar-refractivity contribution is 6.06.